The number of nitrogens with one attached hydrogen (secondary N) is 1. The maximum Gasteiger partial charge on any atom is 0.0669 e. The Bertz CT molecular complexity index is 526. The lowest BCUT2D eigenvalue weighted by molar-refractivity contribution is 0.703. The number of rotatable bonds is 3. The summed E-state index contributed by atoms with van der Waals surface area (Å²) in [5.41, 5.74) is 1.24. The summed E-state index contributed by atoms with van der Waals surface area (Å²) in [6.45, 7) is 2.13. The van der Waals surface area contributed by atoms with Crippen molar-refractivity contribution in [3.63, 3.8) is 0 Å². The Morgan fingerprint density at radius 3 is 2.11 bits per heavy atom. The van der Waals surface area contributed by atoms with E-state index in [2.05, 4.69) is 78.2 Å². The van der Waals surface area contributed by atoms with Gasteiger partial charge in [0.05, 0.1) is 6.04 Å². The van der Waals surface area contributed by atoms with Gasteiger partial charge in [0.15, 0.2) is 0 Å². The van der Waals surface area contributed by atoms with Crippen molar-refractivity contribution in [1.82, 2.24) is 5.32 Å². The van der Waals surface area contributed by atoms with Gasteiger partial charge in [0.2, 0.25) is 0 Å². The Kier molecular flexibility index (Phi) is 5.06. The van der Waals surface area contributed by atoms with Gasteiger partial charge in [-0.05, 0) is 59.7 Å². The molecule has 2 rings (SSSR count). The van der Waals surface area contributed by atoms with Crippen LogP contribution in [0.2, 0.25) is 0 Å². The highest BCUT2D eigenvalue weighted by Gasteiger charge is 2.16. The number of halogens is 3. The maximum atomic E-state index is 3.58. The highest BCUT2D eigenvalue weighted by Crippen LogP contribution is 2.35. The molecule has 96 valence electrons. The van der Waals surface area contributed by atoms with E-state index in [4.69, 9.17) is 0 Å². The van der Waals surface area contributed by atoms with Gasteiger partial charge in [-0.2, -0.15) is 0 Å². The van der Waals surface area contributed by atoms with Crippen molar-refractivity contribution < 1.29 is 0 Å². The third-order valence-corrected chi connectivity index (χ3v) is 5.78. The molecule has 1 atom stereocenters. The Morgan fingerprint density at radius 2 is 1.67 bits per heavy atom. The number of aryl methyl sites for hydroxylation is 1. The molecule has 0 bridgehead atoms. The van der Waals surface area contributed by atoms with Gasteiger partial charge < -0.3 is 5.32 Å². The largest absolute Gasteiger partial charge is 0.309 e. The van der Waals surface area contributed by atoms with E-state index in [1.165, 1.54) is 19.8 Å². The average Bonchev–Trinajstić information content (AvgIpc) is 2.58. The molecule has 1 unspecified atom stereocenters. The number of benzene rings is 1. The Balaban J connectivity index is 2.44. The fourth-order valence-corrected chi connectivity index (χ4v) is 4.87. The molecule has 0 spiro atoms. The van der Waals surface area contributed by atoms with Crippen LogP contribution in [0.5, 0.6) is 0 Å². The zero-order valence-corrected chi connectivity index (χ0v) is 15.5. The van der Waals surface area contributed by atoms with Crippen LogP contribution in [0.3, 0.4) is 0 Å². The first-order chi connectivity index (χ1) is 8.51. The summed E-state index contributed by atoms with van der Waals surface area (Å²) < 4.78 is 3.34. The second-order valence-corrected chi connectivity index (χ2v) is 7.95. The predicted octanol–water partition coefficient (Wildman–Crippen LogP) is 5.65. The second-order valence-electron chi connectivity index (χ2n) is 3.98. The van der Waals surface area contributed by atoms with Crippen molar-refractivity contribution >= 4 is 59.1 Å². The highest BCUT2D eigenvalue weighted by atomic mass is 79.9. The molecule has 2 aromatic rings. The van der Waals surface area contributed by atoms with Crippen molar-refractivity contribution in [2.24, 2.45) is 0 Å². The van der Waals surface area contributed by atoms with Crippen molar-refractivity contribution in [2.45, 2.75) is 13.0 Å². The first-order valence-electron chi connectivity index (χ1n) is 5.40. The SMILES string of the molecule is CNC(c1cc(Br)cc(Br)c1)c1cc(Br)c(C)s1. The molecule has 0 saturated carbocycles. The first-order valence-corrected chi connectivity index (χ1v) is 8.60. The van der Waals surface area contributed by atoms with E-state index in [0.717, 1.165) is 8.95 Å². The molecule has 0 aliphatic carbocycles. The van der Waals surface area contributed by atoms with Gasteiger partial charge in [-0.25, -0.2) is 0 Å². The molecule has 0 amide bonds. The fraction of sp³-hybridized carbons (Fsp3) is 0.231. The van der Waals surface area contributed by atoms with Gasteiger partial charge in [-0.3, -0.25) is 0 Å². The molecule has 18 heavy (non-hydrogen) atoms. The lowest BCUT2D eigenvalue weighted by Gasteiger charge is -2.16. The summed E-state index contributed by atoms with van der Waals surface area (Å²) >= 11 is 12.5. The van der Waals surface area contributed by atoms with E-state index in [-0.39, 0.29) is 6.04 Å². The highest BCUT2D eigenvalue weighted by molar-refractivity contribution is 9.11. The van der Waals surface area contributed by atoms with Crippen LogP contribution in [0.15, 0.2) is 37.7 Å². The average molecular weight is 454 g/mol. The minimum absolute atomic E-state index is 0.216. The lowest BCUT2D eigenvalue weighted by Crippen LogP contribution is -2.16. The van der Waals surface area contributed by atoms with Crippen molar-refractivity contribution in [3.05, 3.63) is 53.0 Å². The normalized spacial score (nSPS) is 12.7. The molecule has 1 heterocycles. The predicted molar refractivity (Wildman–Crippen MR) is 89.5 cm³/mol. The van der Waals surface area contributed by atoms with Gasteiger partial charge >= 0.3 is 0 Å². The van der Waals surface area contributed by atoms with E-state index >= 15 is 0 Å². The molecule has 1 nitrogen and oxygen atoms in total. The third-order valence-electron chi connectivity index (χ3n) is 2.67. The number of hydrogen-bond acceptors (Lipinski definition) is 2. The van der Waals surface area contributed by atoms with Crippen LogP contribution < -0.4 is 5.32 Å². The summed E-state index contributed by atoms with van der Waals surface area (Å²) in [6, 6.07) is 8.75. The summed E-state index contributed by atoms with van der Waals surface area (Å²) in [7, 11) is 1.99. The number of thiophene rings is 1. The minimum atomic E-state index is 0.216. The smallest absolute Gasteiger partial charge is 0.0669 e. The van der Waals surface area contributed by atoms with Crippen LogP contribution in [0.4, 0.5) is 0 Å². The maximum absolute atomic E-state index is 3.58. The monoisotopic (exact) mass is 451 g/mol. The molecule has 0 aliphatic rings. The quantitative estimate of drug-likeness (QED) is 0.633. The minimum Gasteiger partial charge on any atom is -0.309 e. The summed E-state index contributed by atoms with van der Waals surface area (Å²) in [6.07, 6.45) is 0. The fourth-order valence-electron chi connectivity index (χ4n) is 1.84. The zero-order valence-electron chi connectivity index (χ0n) is 9.93. The summed E-state index contributed by atoms with van der Waals surface area (Å²) in [5.74, 6) is 0. The molecule has 0 fully saturated rings. The second kappa shape index (κ2) is 6.18. The third kappa shape index (κ3) is 3.25. The van der Waals surface area contributed by atoms with Crippen LogP contribution in [0, 0.1) is 6.92 Å². The van der Waals surface area contributed by atoms with Gasteiger partial charge in [-0.1, -0.05) is 31.9 Å². The van der Waals surface area contributed by atoms with Gasteiger partial charge in [0.1, 0.15) is 0 Å². The van der Waals surface area contributed by atoms with Crippen molar-refractivity contribution in [2.75, 3.05) is 7.05 Å². The lowest BCUT2D eigenvalue weighted by atomic mass is 10.1. The molecular weight excluding hydrogens is 442 g/mol. The number of hydrogen-bond donors (Lipinski definition) is 1. The molecule has 1 aromatic carbocycles. The summed E-state index contributed by atoms with van der Waals surface area (Å²) in [5, 5.41) is 3.38. The van der Waals surface area contributed by atoms with E-state index in [0.29, 0.717) is 0 Å². The Hall–Kier alpha value is 0.320. The standard InChI is InChI=1S/C13H12Br3NS/c1-7-11(16)6-12(18-7)13(17-2)8-3-9(14)5-10(15)4-8/h3-6,13,17H,1-2H3. The molecule has 1 N–H and O–H groups in total. The van der Waals surface area contributed by atoms with Gasteiger partial charge in [-0.15, -0.1) is 11.3 Å². The molecule has 5 heteroatoms. The van der Waals surface area contributed by atoms with Crippen LogP contribution >= 0.6 is 59.1 Å². The zero-order chi connectivity index (χ0) is 13.3. The van der Waals surface area contributed by atoms with Crippen LogP contribution in [-0.2, 0) is 0 Å². The molecule has 0 saturated heterocycles. The molecular formula is C13H12Br3NS. The van der Waals surface area contributed by atoms with Crippen molar-refractivity contribution in [3.8, 4) is 0 Å². The van der Waals surface area contributed by atoms with Crippen LogP contribution in [0.25, 0.3) is 0 Å². The molecule has 0 radical (unpaired) electrons. The van der Waals surface area contributed by atoms with Gasteiger partial charge in [0.25, 0.3) is 0 Å². The Labute approximate surface area is 136 Å². The first kappa shape index (κ1) is 14.7. The van der Waals surface area contributed by atoms with Crippen molar-refractivity contribution in [1.29, 1.82) is 0 Å². The summed E-state index contributed by atoms with van der Waals surface area (Å²) in [4.78, 5) is 2.62. The topological polar surface area (TPSA) is 12.0 Å². The molecule has 1 aromatic heterocycles. The Morgan fingerprint density at radius 1 is 1.06 bits per heavy atom. The van der Waals surface area contributed by atoms with Crippen LogP contribution in [-0.4, -0.2) is 7.05 Å². The van der Waals surface area contributed by atoms with E-state index in [9.17, 15) is 0 Å². The van der Waals surface area contributed by atoms with Crippen LogP contribution in [0.1, 0.15) is 21.4 Å². The van der Waals surface area contributed by atoms with E-state index < -0.39 is 0 Å². The van der Waals surface area contributed by atoms with E-state index in [1.807, 2.05) is 24.5 Å². The van der Waals surface area contributed by atoms with E-state index in [1.54, 1.807) is 0 Å². The van der Waals surface area contributed by atoms with Gasteiger partial charge in [0, 0.05) is 23.2 Å². The molecule has 0 aliphatic heterocycles.